The van der Waals surface area contributed by atoms with Gasteiger partial charge in [0.15, 0.2) is 5.88 Å². The number of amides is 1. The van der Waals surface area contributed by atoms with E-state index in [1.54, 1.807) is 6.07 Å². The lowest BCUT2D eigenvalue weighted by Gasteiger charge is -2.08. The maximum atomic E-state index is 11.9. The lowest BCUT2D eigenvalue weighted by atomic mass is 10.2. The largest absolute Gasteiger partial charge is 0.494 e. The van der Waals surface area contributed by atoms with Gasteiger partial charge < -0.3 is 10.4 Å². The number of aryl methyl sites for hydroxylation is 2. The Morgan fingerprint density at radius 1 is 1.30 bits per heavy atom. The number of nitrogens with zero attached hydrogens (tertiary/aromatic N) is 2. The van der Waals surface area contributed by atoms with Gasteiger partial charge in [-0.3, -0.25) is 19.4 Å². The SMILES string of the molecule is O=C(NCCn1nc2c(cc1=O)CCC2)c1cc(O)[nH]c(=O)c1. The zero-order valence-corrected chi connectivity index (χ0v) is 12.3. The lowest BCUT2D eigenvalue weighted by Crippen LogP contribution is -2.32. The first-order valence-electron chi connectivity index (χ1n) is 7.34. The van der Waals surface area contributed by atoms with Gasteiger partial charge in [0.05, 0.1) is 17.8 Å². The van der Waals surface area contributed by atoms with Crippen molar-refractivity contribution in [3.63, 3.8) is 0 Å². The summed E-state index contributed by atoms with van der Waals surface area (Å²) in [4.78, 5) is 37.2. The highest BCUT2D eigenvalue weighted by atomic mass is 16.3. The summed E-state index contributed by atoms with van der Waals surface area (Å²) in [7, 11) is 0. The number of carbonyl (C=O) groups is 1. The molecular formula is C15H16N4O4. The molecule has 3 rings (SSSR count). The van der Waals surface area contributed by atoms with Gasteiger partial charge >= 0.3 is 0 Å². The second kappa shape index (κ2) is 6.07. The van der Waals surface area contributed by atoms with E-state index in [0.29, 0.717) is 0 Å². The fourth-order valence-electron chi connectivity index (χ4n) is 2.64. The van der Waals surface area contributed by atoms with E-state index < -0.39 is 11.5 Å². The Labute approximate surface area is 130 Å². The number of carbonyl (C=O) groups excluding carboxylic acids is 1. The minimum absolute atomic E-state index is 0.0560. The zero-order valence-electron chi connectivity index (χ0n) is 12.3. The molecule has 0 unspecified atom stereocenters. The van der Waals surface area contributed by atoms with E-state index >= 15 is 0 Å². The van der Waals surface area contributed by atoms with Crippen LogP contribution in [0.5, 0.6) is 5.88 Å². The standard InChI is InChI=1S/C15H16N4O4/c20-12-6-10(7-13(21)17-12)15(23)16-4-5-19-14(22)8-9-2-1-3-11(9)18-19/h6-8H,1-5H2,(H,16,23)(H2,17,20,21). The maximum Gasteiger partial charge on any atom is 0.267 e. The highest BCUT2D eigenvalue weighted by Crippen LogP contribution is 2.16. The number of hydrogen-bond acceptors (Lipinski definition) is 5. The van der Waals surface area contributed by atoms with Crippen molar-refractivity contribution in [2.45, 2.75) is 25.8 Å². The highest BCUT2D eigenvalue weighted by Gasteiger charge is 2.14. The van der Waals surface area contributed by atoms with Gasteiger partial charge in [0.1, 0.15) is 0 Å². The summed E-state index contributed by atoms with van der Waals surface area (Å²) >= 11 is 0. The molecule has 8 nitrogen and oxygen atoms in total. The molecule has 1 amide bonds. The summed E-state index contributed by atoms with van der Waals surface area (Å²) in [5.41, 5.74) is 1.26. The molecule has 8 heteroatoms. The van der Waals surface area contributed by atoms with Crippen molar-refractivity contribution >= 4 is 5.91 Å². The van der Waals surface area contributed by atoms with Crippen molar-refractivity contribution < 1.29 is 9.90 Å². The van der Waals surface area contributed by atoms with Gasteiger partial charge in [0, 0.05) is 24.7 Å². The highest BCUT2D eigenvalue weighted by molar-refractivity contribution is 5.94. The molecular weight excluding hydrogens is 300 g/mol. The van der Waals surface area contributed by atoms with Crippen LogP contribution in [-0.2, 0) is 19.4 Å². The average Bonchev–Trinajstić information content (AvgIpc) is 2.93. The molecule has 0 atom stereocenters. The number of fused-ring (bicyclic) bond motifs is 1. The summed E-state index contributed by atoms with van der Waals surface area (Å²) in [5.74, 6) is -0.875. The smallest absolute Gasteiger partial charge is 0.267 e. The van der Waals surface area contributed by atoms with E-state index in [9.17, 15) is 19.5 Å². The van der Waals surface area contributed by atoms with Gasteiger partial charge in [-0.15, -0.1) is 0 Å². The first-order valence-corrected chi connectivity index (χ1v) is 7.34. The van der Waals surface area contributed by atoms with E-state index in [4.69, 9.17) is 0 Å². The molecule has 23 heavy (non-hydrogen) atoms. The van der Waals surface area contributed by atoms with Crippen LogP contribution in [-0.4, -0.2) is 32.3 Å². The van der Waals surface area contributed by atoms with Crippen molar-refractivity contribution in [3.05, 3.63) is 55.7 Å². The van der Waals surface area contributed by atoms with Gasteiger partial charge in [-0.25, -0.2) is 4.68 Å². The third-order valence-corrected chi connectivity index (χ3v) is 3.73. The van der Waals surface area contributed by atoms with Crippen LogP contribution in [0.25, 0.3) is 0 Å². The Kier molecular flexibility index (Phi) is 3.96. The lowest BCUT2D eigenvalue weighted by molar-refractivity contribution is 0.0951. The fraction of sp³-hybridized carbons (Fsp3) is 0.333. The monoisotopic (exact) mass is 316 g/mol. The van der Waals surface area contributed by atoms with Crippen LogP contribution in [0, 0.1) is 0 Å². The summed E-state index contributed by atoms with van der Waals surface area (Å²) in [6, 6.07) is 3.86. The predicted octanol–water partition coefficient (Wildman–Crippen LogP) is -0.444. The molecule has 0 aromatic carbocycles. The molecule has 0 spiro atoms. The van der Waals surface area contributed by atoms with Crippen molar-refractivity contribution in [2.24, 2.45) is 0 Å². The molecule has 1 aliphatic rings. The Bertz CT molecular complexity index is 869. The molecule has 2 heterocycles. The fourth-order valence-corrected chi connectivity index (χ4v) is 2.64. The van der Waals surface area contributed by atoms with Crippen LogP contribution >= 0.6 is 0 Å². The molecule has 0 saturated carbocycles. The predicted molar refractivity (Wildman–Crippen MR) is 81.6 cm³/mol. The second-order valence-electron chi connectivity index (χ2n) is 5.41. The van der Waals surface area contributed by atoms with Crippen LogP contribution in [0.2, 0.25) is 0 Å². The number of nitrogens with one attached hydrogen (secondary N) is 2. The molecule has 2 aromatic rings. The number of rotatable bonds is 4. The third-order valence-electron chi connectivity index (χ3n) is 3.73. The topological polar surface area (TPSA) is 117 Å². The van der Waals surface area contributed by atoms with Crippen LogP contribution in [0.4, 0.5) is 0 Å². The van der Waals surface area contributed by atoms with Gasteiger partial charge in [-0.2, -0.15) is 5.10 Å². The van der Waals surface area contributed by atoms with E-state index in [0.717, 1.165) is 42.7 Å². The van der Waals surface area contributed by atoms with E-state index in [-0.39, 0.29) is 30.1 Å². The zero-order chi connectivity index (χ0) is 16.4. The normalized spacial score (nSPS) is 12.9. The number of pyridine rings is 1. The van der Waals surface area contributed by atoms with Gasteiger partial charge in [0.25, 0.3) is 17.0 Å². The Hall–Kier alpha value is -2.90. The van der Waals surface area contributed by atoms with Gasteiger partial charge in [0.2, 0.25) is 0 Å². The summed E-state index contributed by atoms with van der Waals surface area (Å²) in [5, 5.41) is 16.2. The molecule has 1 aliphatic carbocycles. The number of aromatic nitrogens is 3. The number of hydrogen-bond donors (Lipinski definition) is 3. The Morgan fingerprint density at radius 3 is 2.91 bits per heavy atom. The molecule has 0 saturated heterocycles. The van der Waals surface area contributed by atoms with E-state index in [1.807, 2.05) is 0 Å². The molecule has 120 valence electrons. The van der Waals surface area contributed by atoms with Crippen LogP contribution < -0.4 is 16.4 Å². The van der Waals surface area contributed by atoms with Crippen LogP contribution in [0.15, 0.2) is 27.8 Å². The van der Waals surface area contributed by atoms with E-state index in [2.05, 4.69) is 15.4 Å². The molecule has 3 N–H and O–H groups in total. The molecule has 0 bridgehead atoms. The number of aromatic amines is 1. The quantitative estimate of drug-likeness (QED) is 0.706. The summed E-state index contributed by atoms with van der Waals surface area (Å²) < 4.78 is 1.33. The number of H-pyrrole nitrogens is 1. The maximum absolute atomic E-state index is 11.9. The van der Waals surface area contributed by atoms with Crippen LogP contribution in [0.1, 0.15) is 28.0 Å². The molecule has 0 radical (unpaired) electrons. The second-order valence-corrected chi connectivity index (χ2v) is 5.41. The first kappa shape index (κ1) is 15.0. The molecule has 0 aliphatic heterocycles. The van der Waals surface area contributed by atoms with Crippen molar-refractivity contribution in [2.75, 3.05) is 6.54 Å². The van der Waals surface area contributed by atoms with Gasteiger partial charge in [-0.05, 0) is 24.8 Å². The van der Waals surface area contributed by atoms with Gasteiger partial charge in [-0.1, -0.05) is 0 Å². The number of aromatic hydroxyl groups is 1. The Balaban J connectivity index is 1.64. The van der Waals surface area contributed by atoms with Crippen LogP contribution in [0.3, 0.4) is 0 Å². The molecule has 2 aromatic heterocycles. The third kappa shape index (κ3) is 3.31. The van der Waals surface area contributed by atoms with Crippen molar-refractivity contribution in [3.8, 4) is 5.88 Å². The van der Waals surface area contributed by atoms with Crippen molar-refractivity contribution in [1.82, 2.24) is 20.1 Å². The minimum atomic E-state index is -0.563. The first-order chi connectivity index (χ1) is 11.0. The minimum Gasteiger partial charge on any atom is -0.494 e. The van der Waals surface area contributed by atoms with E-state index in [1.165, 1.54) is 4.68 Å². The summed E-state index contributed by atoms with van der Waals surface area (Å²) in [6.07, 6.45) is 2.77. The Morgan fingerprint density at radius 2 is 2.13 bits per heavy atom. The van der Waals surface area contributed by atoms with Crippen molar-refractivity contribution in [1.29, 1.82) is 0 Å². The molecule has 0 fully saturated rings. The average molecular weight is 316 g/mol. The summed E-state index contributed by atoms with van der Waals surface area (Å²) in [6.45, 7) is 0.436.